The van der Waals surface area contributed by atoms with Crippen molar-refractivity contribution in [3.05, 3.63) is 71.8 Å². The van der Waals surface area contributed by atoms with Crippen LogP contribution in [0.15, 0.2) is 53.8 Å². The summed E-state index contributed by atoms with van der Waals surface area (Å²) in [5.41, 5.74) is 5.03. The molecule has 1 atom stereocenters. The van der Waals surface area contributed by atoms with E-state index in [0.717, 1.165) is 0 Å². The minimum atomic E-state index is 0.0476. The summed E-state index contributed by atoms with van der Waals surface area (Å²) >= 11 is 0. The van der Waals surface area contributed by atoms with Crippen LogP contribution in [0.2, 0.25) is 0 Å². The summed E-state index contributed by atoms with van der Waals surface area (Å²) in [7, 11) is 2.01. The standard InChI is InChI=1S/C21H26N3/c1-15(2)18-12-9-13-19(16(3)4)21(18)24-14-20(23(5)22-24)17-10-7-6-8-11-17/h6-13,15-16,20H,1-5H3. The number of para-hydroxylation sites is 1. The van der Waals surface area contributed by atoms with Crippen molar-refractivity contribution < 1.29 is 4.70 Å². The molecule has 1 radical (unpaired) electrons. The van der Waals surface area contributed by atoms with Crippen LogP contribution in [0.3, 0.4) is 0 Å². The van der Waals surface area contributed by atoms with E-state index in [0.29, 0.717) is 11.8 Å². The number of benzene rings is 2. The average Bonchev–Trinajstić information content (AvgIpc) is 2.96. The summed E-state index contributed by atoms with van der Waals surface area (Å²) in [6.07, 6.45) is 0. The van der Waals surface area contributed by atoms with Gasteiger partial charge < -0.3 is 0 Å². The van der Waals surface area contributed by atoms with Crippen molar-refractivity contribution in [2.75, 3.05) is 7.05 Å². The highest BCUT2D eigenvalue weighted by Crippen LogP contribution is 2.40. The molecule has 1 aliphatic rings. The molecule has 0 fully saturated rings. The zero-order valence-corrected chi connectivity index (χ0v) is 15.2. The zero-order chi connectivity index (χ0) is 17.3. The molecular weight excluding hydrogens is 294 g/mol. The highest BCUT2D eigenvalue weighted by Gasteiger charge is 2.28. The molecule has 2 aromatic rings. The van der Waals surface area contributed by atoms with Gasteiger partial charge in [0.15, 0.2) is 0 Å². The summed E-state index contributed by atoms with van der Waals surface area (Å²) in [6.45, 7) is 12.5. The molecule has 0 saturated carbocycles. The molecule has 1 aliphatic heterocycles. The van der Waals surface area contributed by atoms with Crippen molar-refractivity contribution in [1.29, 1.82) is 0 Å². The first-order chi connectivity index (χ1) is 11.5. The van der Waals surface area contributed by atoms with E-state index in [2.05, 4.69) is 76.7 Å². The highest BCUT2D eigenvalue weighted by molar-refractivity contribution is 5.51. The average molecular weight is 320 g/mol. The Hall–Kier alpha value is -2.29. The van der Waals surface area contributed by atoms with Gasteiger partial charge >= 0.3 is 0 Å². The summed E-state index contributed by atoms with van der Waals surface area (Å²) < 4.78 is 1.96. The van der Waals surface area contributed by atoms with Gasteiger partial charge in [-0.1, -0.05) is 87.4 Å². The van der Waals surface area contributed by atoms with Crippen LogP contribution < -0.4 is 0 Å². The molecule has 0 amide bonds. The van der Waals surface area contributed by atoms with E-state index < -0.39 is 0 Å². The number of nitrogens with zero attached hydrogens (tertiary/aromatic N) is 3. The van der Waals surface area contributed by atoms with E-state index >= 15 is 0 Å². The lowest BCUT2D eigenvalue weighted by Crippen LogP contribution is -2.14. The minimum absolute atomic E-state index is 0.0476. The molecule has 0 N–H and O–H groups in total. The number of hydrogen-bond donors (Lipinski definition) is 0. The Kier molecular flexibility index (Phi) is 4.61. The fraction of sp³-hybridized carbons (Fsp3) is 0.381. The molecule has 0 saturated heterocycles. The summed E-state index contributed by atoms with van der Waals surface area (Å²) in [5.74, 6) is 0.883. The second kappa shape index (κ2) is 6.68. The maximum Gasteiger partial charge on any atom is 0.128 e. The van der Waals surface area contributed by atoms with Gasteiger partial charge in [-0.25, -0.2) is 0 Å². The summed E-state index contributed by atoms with van der Waals surface area (Å²) in [6, 6.07) is 17.0. The van der Waals surface area contributed by atoms with E-state index in [-0.39, 0.29) is 6.04 Å². The van der Waals surface area contributed by atoms with Crippen molar-refractivity contribution in [2.24, 2.45) is 5.22 Å². The molecule has 3 heteroatoms. The Balaban J connectivity index is 2.02. The molecule has 0 bridgehead atoms. The molecule has 125 valence electrons. The molecule has 1 unspecified atom stereocenters. The summed E-state index contributed by atoms with van der Waals surface area (Å²) in [5, 5.41) is 6.74. The van der Waals surface area contributed by atoms with Gasteiger partial charge in [0.1, 0.15) is 6.04 Å². The smallest absolute Gasteiger partial charge is 0.128 e. The first-order valence-electron chi connectivity index (χ1n) is 8.67. The first-order valence-corrected chi connectivity index (χ1v) is 8.67. The highest BCUT2D eigenvalue weighted by atomic mass is 15.6. The Morgan fingerprint density at radius 2 is 1.50 bits per heavy atom. The van der Waals surface area contributed by atoms with Crippen LogP contribution in [0.4, 0.5) is 5.69 Å². The third-order valence-electron chi connectivity index (χ3n) is 4.52. The van der Waals surface area contributed by atoms with E-state index in [1.807, 2.05) is 22.8 Å². The Labute approximate surface area is 145 Å². The second-order valence-corrected chi connectivity index (χ2v) is 7.01. The van der Waals surface area contributed by atoms with Crippen LogP contribution in [0, 0.1) is 6.54 Å². The quantitative estimate of drug-likeness (QED) is 0.524. The van der Waals surface area contributed by atoms with Crippen molar-refractivity contribution in [3.8, 4) is 0 Å². The SMILES string of the molecule is CC(C)c1cccc(C(C)C)c1[N+]1=NN(C)C(c2ccccc2)[C-]1. The van der Waals surface area contributed by atoms with Gasteiger partial charge in [-0.2, -0.15) is 5.01 Å². The van der Waals surface area contributed by atoms with E-state index in [1.54, 1.807) is 0 Å². The third kappa shape index (κ3) is 3.03. The van der Waals surface area contributed by atoms with Crippen LogP contribution in [-0.4, -0.2) is 16.8 Å². The maximum absolute atomic E-state index is 4.76. The topological polar surface area (TPSA) is 18.6 Å². The van der Waals surface area contributed by atoms with Crippen molar-refractivity contribution >= 4 is 5.69 Å². The normalized spacial score (nSPS) is 17.4. The summed E-state index contributed by atoms with van der Waals surface area (Å²) in [4.78, 5) is 0. The molecular formula is C21H26N3. The van der Waals surface area contributed by atoms with Crippen molar-refractivity contribution in [3.63, 3.8) is 0 Å². The number of likely N-dealkylation sites (N-methyl/N-ethyl adjacent to an activating group) is 1. The van der Waals surface area contributed by atoms with Crippen LogP contribution in [0.5, 0.6) is 0 Å². The maximum atomic E-state index is 4.76. The number of hydrogen-bond acceptors (Lipinski definition) is 2. The van der Waals surface area contributed by atoms with E-state index in [1.165, 1.54) is 22.4 Å². The molecule has 0 aromatic heterocycles. The largest absolute Gasteiger partial charge is 0.267 e. The van der Waals surface area contributed by atoms with Crippen LogP contribution in [-0.2, 0) is 0 Å². The Morgan fingerprint density at radius 3 is 2.04 bits per heavy atom. The van der Waals surface area contributed by atoms with Gasteiger partial charge in [-0.05, 0) is 17.4 Å². The van der Waals surface area contributed by atoms with E-state index in [4.69, 9.17) is 5.22 Å². The van der Waals surface area contributed by atoms with Gasteiger partial charge in [0.05, 0.1) is 12.3 Å². The Bertz CT molecular complexity index is 706. The van der Waals surface area contributed by atoms with Gasteiger partial charge in [0.2, 0.25) is 0 Å². The third-order valence-corrected chi connectivity index (χ3v) is 4.52. The predicted molar refractivity (Wildman–Crippen MR) is 97.2 cm³/mol. The predicted octanol–water partition coefficient (Wildman–Crippen LogP) is 5.67. The zero-order valence-electron chi connectivity index (χ0n) is 15.2. The molecule has 1 heterocycles. The molecule has 24 heavy (non-hydrogen) atoms. The lowest BCUT2D eigenvalue weighted by atomic mass is 9.92. The second-order valence-electron chi connectivity index (χ2n) is 7.01. The van der Waals surface area contributed by atoms with Crippen LogP contribution in [0.1, 0.15) is 62.3 Å². The molecule has 0 aliphatic carbocycles. The number of rotatable bonds is 4. The lowest BCUT2D eigenvalue weighted by Gasteiger charge is -2.24. The van der Waals surface area contributed by atoms with Gasteiger partial charge in [-0.15, -0.1) is 0 Å². The van der Waals surface area contributed by atoms with Crippen LogP contribution >= 0.6 is 0 Å². The molecule has 2 aromatic carbocycles. The minimum Gasteiger partial charge on any atom is -0.267 e. The molecule has 3 rings (SSSR count). The molecule has 0 spiro atoms. The fourth-order valence-corrected chi connectivity index (χ4v) is 3.21. The molecule has 3 nitrogen and oxygen atoms in total. The first kappa shape index (κ1) is 16.6. The van der Waals surface area contributed by atoms with Crippen LogP contribution in [0.25, 0.3) is 0 Å². The van der Waals surface area contributed by atoms with Crippen molar-refractivity contribution in [2.45, 2.75) is 45.6 Å². The Morgan fingerprint density at radius 1 is 0.917 bits per heavy atom. The van der Waals surface area contributed by atoms with Gasteiger partial charge in [-0.3, -0.25) is 4.70 Å². The van der Waals surface area contributed by atoms with E-state index in [9.17, 15) is 0 Å². The lowest BCUT2D eigenvalue weighted by molar-refractivity contribution is -0.467. The fourth-order valence-electron chi connectivity index (χ4n) is 3.21. The van der Waals surface area contributed by atoms with Gasteiger partial charge in [0.25, 0.3) is 0 Å². The monoisotopic (exact) mass is 320 g/mol. The van der Waals surface area contributed by atoms with Crippen molar-refractivity contribution in [1.82, 2.24) is 5.01 Å². The van der Waals surface area contributed by atoms with Gasteiger partial charge in [0, 0.05) is 12.2 Å².